The first-order chi connectivity index (χ1) is 28.2. The maximum absolute atomic E-state index is 6.29. The molecular weight excluding hydrogens is 717 g/mol. The van der Waals surface area contributed by atoms with Crippen molar-refractivity contribution < 1.29 is 4.42 Å². The number of nitrogens with zero attached hydrogens (tertiary/aromatic N) is 4. The fourth-order valence-electron chi connectivity index (χ4n) is 8.41. The molecule has 0 spiro atoms. The molecule has 57 heavy (non-hydrogen) atoms. The molecule has 0 aliphatic carbocycles. The van der Waals surface area contributed by atoms with Crippen LogP contribution in [0.1, 0.15) is 0 Å². The molecule has 0 aliphatic rings. The highest BCUT2D eigenvalue weighted by Gasteiger charge is 2.21. The number of hydrogen-bond acceptors (Lipinski definition) is 5. The molecule has 4 aromatic heterocycles. The largest absolute Gasteiger partial charge is 0.456 e. The summed E-state index contributed by atoms with van der Waals surface area (Å²) < 4.78 is 11.1. The number of furan rings is 1. The molecule has 0 aliphatic heterocycles. The lowest BCUT2D eigenvalue weighted by atomic mass is 10.0. The summed E-state index contributed by atoms with van der Waals surface area (Å²) in [4.78, 5) is 15.5. The molecule has 12 rings (SSSR count). The van der Waals surface area contributed by atoms with Crippen molar-refractivity contribution in [3.8, 4) is 51.0 Å². The van der Waals surface area contributed by atoms with Crippen LogP contribution in [0.4, 0.5) is 0 Å². The molecule has 12 aromatic rings. The average Bonchev–Trinajstić information content (AvgIpc) is 3.96. The van der Waals surface area contributed by atoms with Gasteiger partial charge in [0.25, 0.3) is 0 Å². The van der Waals surface area contributed by atoms with E-state index < -0.39 is 0 Å². The normalized spacial score (nSPS) is 11.9. The second-order valence-electron chi connectivity index (χ2n) is 14.4. The van der Waals surface area contributed by atoms with E-state index in [1.54, 1.807) is 0 Å². The Morgan fingerprint density at radius 2 is 1.00 bits per heavy atom. The number of hydrogen-bond donors (Lipinski definition) is 0. The first kappa shape index (κ1) is 31.9. The Hall–Kier alpha value is -7.41. The topological polar surface area (TPSA) is 56.7 Å². The van der Waals surface area contributed by atoms with E-state index in [2.05, 4.69) is 132 Å². The van der Waals surface area contributed by atoms with Crippen LogP contribution in [0.15, 0.2) is 186 Å². The summed E-state index contributed by atoms with van der Waals surface area (Å²) in [7, 11) is 0. The van der Waals surface area contributed by atoms with E-state index >= 15 is 0 Å². The van der Waals surface area contributed by atoms with Gasteiger partial charge in [0.05, 0.1) is 15.7 Å². The van der Waals surface area contributed by atoms with Crippen LogP contribution in [0.2, 0.25) is 0 Å². The number of aromatic nitrogens is 4. The van der Waals surface area contributed by atoms with Crippen molar-refractivity contribution in [1.29, 1.82) is 0 Å². The first-order valence-electron chi connectivity index (χ1n) is 19.0. The van der Waals surface area contributed by atoms with Gasteiger partial charge in [-0.05, 0) is 53.6 Å². The van der Waals surface area contributed by atoms with Crippen LogP contribution >= 0.6 is 11.3 Å². The summed E-state index contributed by atoms with van der Waals surface area (Å²) in [6, 6.07) is 63.8. The number of thiophene rings is 1. The van der Waals surface area contributed by atoms with Crippen molar-refractivity contribution in [3.63, 3.8) is 0 Å². The highest BCUT2D eigenvalue weighted by Crippen LogP contribution is 2.46. The van der Waals surface area contributed by atoms with Gasteiger partial charge in [0.15, 0.2) is 17.5 Å². The third-order valence-electron chi connectivity index (χ3n) is 11.1. The maximum atomic E-state index is 6.29. The Morgan fingerprint density at radius 1 is 0.386 bits per heavy atom. The minimum absolute atomic E-state index is 0.597. The summed E-state index contributed by atoms with van der Waals surface area (Å²) in [5.74, 6) is 1.85. The van der Waals surface area contributed by atoms with Gasteiger partial charge in [0.2, 0.25) is 0 Å². The fraction of sp³-hybridized carbons (Fsp3) is 0. The predicted octanol–water partition coefficient (Wildman–Crippen LogP) is 13.9. The summed E-state index contributed by atoms with van der Waals surface area (Å²) in [5.41, 5.74) is 10.3. The van der Waals surface area contributed by atoms with E-state index in [1.807, 2.05) is 65.9 Å². The second kappa shape index (κ2) is 12.6. The molecule has 0 amide bonds. The number of rotatable bonds is 5. The molecule has 8 aromatic carbocycles. The molecule has 0 radical (unpaired) electrons. The molecule has 6 heteroatoms. The summed E-state index contributed by atoms with van der Waals surface area (Å²) >= 11 is 1.81. The quantitative estimate of drug-likeness (QED) is 0.176. The maximum Gasteiger partial charge on any atom is 0.165 e. The van der Waals surface area contributed by atoms with Crippen LogP contribution in [0.3, 0.4) is 0 Å². The molecule has 0 atom stereocenters. The number of fused-ring (bicyclic) bond motifs is 10. The van der Waals surface area contributed by atoms with Gasteiger partial charge in [0.1, 0.15) is 11.2 Å². The molecule has 0 bridgehead atoms. The zero-order valence-electron chi connectivity index (χ0n) is 30.4. The lowest BCUT2D eigenvalue weighted by Gasteiger charge is -2.11. The van der Waals surface area contributed by atoms with Gasteiger partial charge in [-0.15, -0.1) is 11.3 Å². The van der Waals surface area contributed by atoms with Crippen molar-refractivity contribution >= 4 is 75.3 Å². The first-order valence-corrected chi connectivity index (χ1v) is 19.8. The van der Waals surface area contributed by atoms with E-state index in [0.29, 0.717) is 17.5 Å². The van der Waals surface area contributed by atoms with Crippen LogP contribution < -0.4 is 0 Å². The van der Waals surface area contributed by atoms with E-state index in [1.165, 1.54) is 48.4 Å². The average molecular weight is 747 g/mol. The van der Waals surface area contributed by atoms with Gasteiger partial charge in [-0.2, -0.15) is 0 Å². The molecule has 4 heterocycles. The van der Waals surface area contributed by atoms with Gasteiger partial charge in [-0.25, -0.2) is 15.0 Å². The number of benzene rings is 8. The molecule has 5 nitrogen and oxygen atoms in total. The smallest absolute Gasteiger partial charge is 0.165 e. The van der Waals surface area contributed by atoms with E-state index in [-0.39, 0.29) is 0 Å². The van der Waals surface area contributed by atoms with Crippen LogP contribution in [0, 0.1) is 0 Å². The van der Waals surface area contributed by atoms with Gasteiger partial charge in [0, 0.05) is 59.4 Å². The third-order valence-corrected chi connectivity index (χ3v) is 12.3. The SMILES string of the molecule is c1ccc(-c2cccc(-n3c4ccccc4c4ccc5c6cccc(-c7nc(-c8ccccc8)nc(-c8ccc9c(c8)oc8ccccc89)n7)c6sc5c43)c2)cc1. The van der Waals surface area contributed by atoms with Gasteiger partial charge >= 0.3 is 0 Å². The van der Waals surface area contributed by atoms with Crippen molar-refractivity contribution in [1.82, 2.24) is 19.5 Å². The molecule has 0 fully saturated rings. The lowest BCUT2D eigenvalue weighted by molar-refractivity contribution is 0.669. The van der Waals surface area contributed by atoms with Crippen molar-refractivity contribution in [2.45, 2.75) is 0 Å². The zero-order chi connectivity index (χ0) is 37.5. The van der Waals surface area contributed by atoms with Gasteiger partial charge < -0.3 is 8.98 Å². The second-order valence-corrected chi connectivity index (χ2v) is 15.4. The highest BCUT2D eigenvalue weighted by molar-refractivity contribution is 7.27. The van der Waals surface area contributed by atoms with Gasteiger partial charge in [-0.1, -0.05) is 140 Å². The van der Waals surface area contributed by atoms with E-state index in [4.69, 9.17) is 19.4 Å². The van der Waals surface area contributed by atoms with Crippen LogP contribution in [-0.2, 0) is 0 Å². The minimum atomic E-state index is 0.597. The third kappa shape index (κ3) is 5.04. The summed E-state index contributed by atoms with van der Waals surface area (Å²) in [5, 5.41) is 7.00. The molecular formula is C51H30N4OS. The molecule has 0 N–H and O–H groups in total. The zero-order valence-corrected chi connectivity index (χ0v) is 31.2. The van der Waals surface area contributed by atoms with Crippen LogP contribution in [0.25, 0.3) is 115 Å². The lowest BCUT2D eigenvalue weighted by Crippen LogP contribution is -2.00. The van der Waals surface area contributed by atoms with Crippen molar-refractivity contribution in [3.05, 3.63) is 182 Å². The Labute approximate surface area is 330 Å². The Balaban J connectivity index is 1.09. The minimum Gasteiger partial charge on any atom is -0.456 e. The molecule has 0 unspecified atom stereocenters. The summed E-state index contributed by atoms with van der Waals surface area (Å²) in [6.45, 7) is 0. The summed E-state index contributed by atoms with van der Waals surface area (Å²) in [6.07, 6.45) is 0. The van der Waals surface area contributed by atoms with Crippen LogP contribution in [-0.4, -0.2) is 19.5 Å². The molecule has 0 saturated heterocycles. The van der Waals surface area contributed by atoms with Gasteiger partial charge in [-0.3, -0.25) is 0 Å². The van der Waals surface area contributed by atoms with E-state index in [9.17, 15) is 0 Å². The Morgan fingerprint density at radius 3 is 1.86 bits per heavy atom. The highest BCUT2D eigenvalue weighted by atomic mass is 32.1. The van der Waals surface area contributed by atoms with Crippen molar-refractivity contribution in [2.24, 2.45) is 0 Å². The van der Waals surface area contributed by atoms with E-state index in [0.717, 1.165) is 49.0 Å². The van der Waals surface area contributed by atoms with Crippen molar-refractivity contribution in [2.75, 3.05) is 0 Å². The Kier molecular flexibility index (Phi) is 7.03. The standard InChI is InChI=1S/C51H30N4OS/c1-3-13-31(14-4-1)33-17-11-18-35(29-33)55-43-23-9-7-19-36(43)39-27-28-41-40-21-12-22-42(47(40)57-48(41)46(39)55)51-53-49(32-15-5-2-6-16-32)52-50(54-51)34-25-26-38-37-20-8-10-24-44(37)56-45(38)30-34/h1-30H. The molecule has 266 valence electrons. The number of para-hydroxylation sites is 2. The monoisotopic (exact) mass is 746 g/mol. The predicted molar refractivity (Wildman–Crippen MR) is 236 cm³/mol. The molecule has 0 saturated carbocycles. The fourth-order valence-corrected chi connectivity index (χ4v) is 9.76. The van der Waals surface area contributed by atoms with Crippen LogP contribution in [0.5, 0.6) is 0 Å². The Bertz CT molecular complexity index is 3530.